The van der Waals surface area contributed by atoms with Crippen molar-refractivity contribution < 1.29 is 14.6 Å². The average Bonchev–Trinajstić information content (AvgIpc) is 2.65. The summed E-state index contributed by atoms with van der Waals surface area (Å²) >= 11 is 5.87. The van der Waals surface area contributed by atoms with Gasteiger partial charge in [-0.15, -0.1) is 0 Å². The number of rotatable bonds is 6. The van der Waals surface area contributed by atoms with E-state index in [1.807, 2.05) is 0 Å². The third-order valence-corrected chi connectivity index (χ3v) is 3.83. The molecule has 2 N–H and O–H groups in total. The molecular formula is C18H16ClN3O4. The first-order valence-electron chi connectivity index (χ1n) is 7.87. The number of anilines is 1. The van der Waals surface area contributed by atoms with Crippen LogP contribution in [0.15, 0.2) is 53.5 Å². The Kier molecular flexibility index (Phi) is 5.50. The molecule has 3 rings (SSSR count). The Bertz CT molecular complexity index is 1000. The molecule has 0 bridgehead atoms. The lowest BCUT2D eigenvalue weighted by molar-refractivity contribution is 0.0469. The van der Waals surface area contributed by atoms with Crippen molar-refractivity contribution >= 4 is 28.9 Å². The highest BCUT2D eigenvalue weighted by Crippen LogP contribution is 2.16. The monoisotopic (exact) mass is 373 g/mol. The Hall–Kier alpha value is -2.90. The van der Waals surface area contributed by atoms with E-state index in [4.69, 9.17) is 21.4 Å². The van der Waals surface area contributed by atoms with Crippen LogP contribution in [-0.4, -0.2) is 33.6 Å². The minimum Gasteiger partial charge on any atom is -0.456 e. The van der Waals surface area contributed by atoms with E-state index < -0.39 is 5.97 Å². The van der Waals surface area contributed by atoms with Crippen LogP contribution < -0.4 is 10.9 Å². The summed E-state index contributed by atoms with van der Waals surface area (Å²) in [5.41, 5.74) is 1.34. The first-order valence-corrected chi connectivity index (χ1v) is 8.25. The number of benzene rings is 1. The molecule has 1 aromatic carbocycles. The summed E-state index contributed by atoms with van der Waals surface area (Å²) < 4.78 is 6.61. The topological polar surface area (TPSA) is 92.9 Å². The lowest BCUT2D eigenvalue weighted by Gasteiger charge is -2.11. The Morgan fingerprint density at radius 1 is 1.27 bits per heavy atom. The van der Waals surface area contributed by atoms with E-state index in [-0.39, 0.29) is 18.8 Å². The Morgan fingerprint density at radius 3 is 2.88 bits per heavy atom. The minimum atomic E-state index is -0.552. The second-order valence-electron chi connectivity index (χ2n) is 5.43. The van der Waals surface area contributed by atoms with Crippen molar-refractivity contribution in [1.29, 1.82) is 0 Å². The van der Waals surface area contributed by atoms with Crippen molar-refractivity contribution in [3.63, 3.8) is 0 Å². The highest BCUT2D eigenvalue weighted by molar-refractivity contribution is 6.30. The number of para-hydroxylation sites is 1. The summed E-state index contributed by atoms with van der Waals surface area (Å²) in [6.07, 6.45) is 1.48. The van der Waals surface area contributed by atoms with Crippen LogP contribution in [0.5, 0.6) is 0 Å². The molecule has 0 atom stereocenters. The normalized spacial score (nSPS) is 10.7. The van der Waals surface area contributed by atoms with Crippen LogP contribution in [0, 0.1) is 0 Å². The maximum Gasteiger partial charge on any atom is 0.340 e. The molecule has 0 unspecified atom stereocenters. The number of esters is 1. The van der Waals surface area contributed by atoms with Gasteiger partial charge in [-0.3, -0.25) is 9.20 Å². The SMILES string of the molecule is O=C(OCc1cc(=O)n2cc(Cl)ccc2n1)c1ccccc1NCCO. The van der Waals surface area contributed by atoms with Crippen molar-refractivity contribution in [3.05, 3.63) is 75.3 Å². The zero-order chi connectivity index (χ0) is 18.5. The number of carbonyl (C=O) groups excluding carboxylic acids is 1. The fourth-order valence-corrected chi connectivity index (χ4v) is 2.58. The standard InChI is InChI=1S/C18H16ClN3O4/c19-12-5-6-16-21-13(9-17(24)22(16)10-12)11-26-18(25)14-3-1-2-4-15(14)20-7-8-23/h1-6,9-10,20,23H,7-8,11H2. The molecule has 3 aromatic rings. The van der Waals surface area contributed by atoms with Gasteiger partial charge >= 0.3 is 5.97 Å². The maximum atomic E-state index is 12.3. The number of aliphatic hydroxyl groups is 1. The van der Waals surface area contributed by atoms with Crippen LogP contribution in [0.4, 0.5) is 5.69 Å². The van der Waals surface area contributed by atoms with Gasteiger partial charge in [0.25, 0.3) is 5.56 Å². The third kappa shape index (κ3) is 4.01. The fraction of sp³-hybridized carbons (Fsp3) is 0.167. The molecule has 0 radical (unpaired) electrons. The zero-order valence-corrected chi connectivity index (χ0v) is 14.4. The Morgan fingerprint density at radius 2 is 2.08 bits per heavy atom. The molecule has 8 heteroatoms. The van der Waals surface area contributed by atoms with E-state index in [1.54, 1.807) is 36.4 Å². The lowest BCUT2D eigenvalue weighted by atomic mass is 10.2. The first-order chi connectivity index (χ1) is 12.6. The molecule has 26 heavy (non-hydrogen) atoms. The summed E-state index contributed by atoms with van der Waals surface area (Å²) in [6, 6.07) is 11.4. The smallest absolute Gasteiger partial charge is 0.340 e. The average molecular weight is 374 g/mol. The quantitative estimate of drug-likeness (QED) is 0.643. The Balaban J connectivity index is 1.77. The number of ether oxygens (including phenoxy) is 1. The number of pyridine rings is 1. The highest BCUT2D eigenvalue weighted by atomic mass is 35.5. The number of aliphatic hydroxyl groups excluding tert-OH is 1. The summed E-state index contributed by atoms with van der Waals surface area (Å²) in [5, 5.41) is 12.3. The van der Waals surface area contributed by atoms with Crippen molar-refractivity contribution in [2.45, 2.75) is 6.61 Å². The third-order valence-electron chi connectivity index (χ3n) is 3.60. The molecule has 0 fully saturated rings. The second kappa shape index (κ2) is 7.99. The largest absolute Gasteiger partial charge is 0.456 e. The highest BCUT2D eigenvalue weighted by Gasteiger charge is 2.13. The van der Waals surface area contributed by atoms with Gasteiger partial charge in [-0.2, -0.15) is 0 Å². The van der Waals surface area contributed by atoms with Crippen LogP contribution in [0.3, 0.4) is 0 Å². The molecule has 0 aliphatic rings. The van der Waals surface area contributed by atoms with Crippen LogP contribution in [0.1, 0.15) is 16.1 Å². The second-order valence-corrected chi connectivity index (χ2v) is 5.87. The summed E-state index contributed by atoms with van der Waals surface area (Å²) in [4.78, 5) is 28.8. The summed E-state index contributed by atoms with van der Waals surface area (Å²) in [5.74, 6) is -0.552. The van der Waals surface area contributed by atoms with Gasteiger partial charge < -0.3 is 15.2 Å². The van der Waals surface area contributed by atoms with E-state index in [1.165, 1.54) is 16.7 Å². The molecular weight excluding hydrogens is 358 g/mol. The van der Waals surface area contributed by atoms with Crippen molar-refractivity contribution in [2.24, 2.45) is 0 Å². The molecule has 0 saturated heterocycles. The zero-order valence-electron chi connectivity index (χ0n) is 13.7. The lowest BCUT2D eigenvalue weighted by Crippen LogP contribution is -2.17. The van der Waals surface area contributed by atoms with Crippen molar-refractivity contribution in [1.82, 2.24) is 9.38 Å². The fourth-order valence-electron chi connectivity index (χ4n) is 2.42. The van der Waals surface area contributed by atoms with Gasteiger partial charge in [0.2, 0.25) is 0 Å². The van der Waals surface area contributed by atoms with Gasteiger partial charge in [-0.05, 0) is 24.3 Å². The number of nitrogens with zero attached hydrogens (tertiary/aromatic N) is 2. The number of aromatic nitrogens is 2. The molecule has 0 spiro atoms. The predicted octanol–water partition coefficient (Wildman–Crippen LogP) is 2.11. The maximum absolute atomic E-state index is 12.3. The van der Waals surface area contributed by atoms with Crippen LogP contribution in [-0.2, 0) is 11.3 Å². The molecule has 0 saturated carbocycles. The van der Waals surface area contributed by atoms with E-state index in [2.05, 4.69) is 10.3 Å². The molecule has 0 aliphatic carbocycles. The number of nitrogens with one attached hydrogen (secondary N) is 1. The van der Waals surface area contributed by atoms with E-state index in [0.717, 1.165) is 0 Å². The number of hydrogen-bond acceptors (Lipinski definition) is 6. The molecule has 134 valence electrons. The number of carbonyl (C=O) groups is 1. The van der Waals surface area contributed by atoms with Crippen molar-refractivity contribution in [2.75, 3.05) is 18.5 Å². The predicted molar refractivity (Wildman–Crippen MR) is 97.6 cm³/mol. The van der Waals surface area contributed by atoms with E-state index >= 15 is 0 Å². The minimum absolute atomic E-state index is 0.0572. The van der Waals surface area contributed by atoms with Gasteiger partial charge in [-0.1, -0.05) is 23.7 Å². The summed E-state index contributed by atoms with van der Waals surface area (Å²) in [6.45, 7) is 0.121. The number of fused-ring (bicyclic) bond motifs is 1. The van der Waals surface area contributed by atoms with E-state index in [9.17, 15) is 9.59 Å². The van der Waals surface area contributed by atoms with Gasteiger partial charge in [0.1, 0.15) is 12.3 Å². The van der Waals surface area contributed by atoms with E-state index in [0.29, 0.717) is 34.2 Å². The molecule has 2 aromatic heterocycles. The summed E-state index contributed by atoms with van der Waals surface area (Å²) in [7, 11) is 0. The molecule has 0 aliphatic heterocycles. The van der Waals surface area contributed by atoms with Gasteiger partial charge in [0, 0.05) is 24.5 Å². The number of hydrogen-bond donors (Lipinski definition) is 2. The van der Waals surface area contributed by atoms with Crippen molar-refractivity contribution in [3.8, 4) is 0 Å². The van der Waals surface area contributed by atoms with Gasteiger partial charge in [0.05, 0.1) is 22.9 Å². The van der Waals surface area contributed by atoms with Crippen LogP contribution in [0.2, 0.25) is 5.02 Å². The Labute approximate surface area is 153 Å². The first kappa shape index (κ1) is 17.9. The van der Waals surface area contributed by atoms with Crippen LogP contribution in [0.25, 0.3) is 5.65 Å². The molecule has 7 nitrogen and oxygen atoms in total. The van der Waals surface area contributed by atoms with Crippen LogP contribution >= 0.6 is 11.6 Å². The molecule has 0 amide bonds. The van der Waals surface area contributed by atoms with Gasteiger partial charge in [-0.25, -0.2) is 9.78 Å². The molecule has 2 heterocycles. The van der Waals surface area contributed by atoms with Gasteiger partial charge in [0.15, 0.2) is 0 Å². The number of halogens is 1.